The van der Waals surface area contributed by atoms with Crippen LogP contribution >= 0.6 is 0 Å². The van der Waals surface area contributed by atoms with E-state index in [1.165, 1.54) is 25.7 Å². The molecule has 144 valence electrons. The van der Waals surface area contributed by atoms with Crippen molar-refractivity contribution in [3.63, 3.8) is 0 Å². The molecule has 2 aliphatic rings. The SMILES string of the molecule is CC(C(=O)N(C)CC1CCN(C(=O)OC(C)(C)C)CC1)C1CCCC1. The Kier molecular flexibility index (Phi) is 6.75. The van der Waals surface area contributed by atoms with E-state index >= 15 is 0 Å². The van der Waals surface area contributed by atoms with Crippen molar-refractivity contribution in [3.05, 3.63) is 0 Å². The van der Waals surface area contributed by atoms with Gasteiger partial charge < -0.3 is 14.5 Å². The molecule has 5 heteroatoms. The third-order valence-electron chi connectivity index (χ3n) is 5.67. The molecule has 25 heavy (non-hydrogen) atoms. The van der Waals surface area contributed by atoms with Crippen molar-refractivity contribution in [1.29, 1.82) is 0 Å². The number of nitrogens with zero attached hydrogens (tertiary/aromatic N) is 2. The Hall–Kier alpha value is -1.26. The molecule has 2 amide bonds. The average molecular weight is 353 g/mol. The Balaban J connectivity index is 1.75. The van der Waals surface area contributed by atoms with E-state index in [0.29, 0.717) is 17.7 Å². The van der Waals surface area contributed by atoms with Crippen molar-refractivity contribution in [2.24, 2.45) is 17.8 Å². The first-order valence-electron chi connectivity index (χ1n) is 9.90. The fraction of sp³-hybridized carbons (Fsp3) is 0.900. The topological polar surface area (TPSA) is 49.9 Å². The van der Waals surface area contributed by atoms with Gasteiger partial charge in [-0.05, 0) is 58.3 Å². The number of piperidine rings is 1. The van der Waals surface area contributed by atoms with Gasteiger partial charge in [-0.1, -0.05) is 19.8 Å². The van der Waals surface area contributed by atoms with E-state index in [2.05, 4.69) is 6.92 Å². The number of ether oxygens (including phenoxy) is 1. The standard InChI is InChI=1S/C20H36N2O3/c1-15(17-8-6-7-9-17)18(23)21(5)14-16-10-12-22(13-11-16)19(24)25-20(2,3)4/h15-17H,6-14H2,1-5H3. The molecule has 0 bridgehead atoms. The minimum Gasteiger partial charge on any atom is -0.444 e. The van der Waals surface area contributed by atoms with Gasteiger partial charge in [-0.3, -0.25) is 4.79 Å². The summed E-state index contributed by atoms with van der Waals surface area (Å²) < 4.78 is 5.44. The number of rotatable bonds is 4. The second-order valence-electron chi connectivity index (χ2n) is 8.96. The highest BCUT2D eigenvalue weighted by molar-refractivity contribution is 5.78. The maximum absolute atomic E-state index is 12.7. The van der Waals surface area contributed by atoms with Gasteiger partial charge in [0.1, 0.15) is 5.60 Å². The van der Waals surface area contributed by atoms with E-state index in [1.54, 1.807) is 4.90 Å². The predicted octanol–water partition coefficient (Wildman–Crippen LogP) is 3.92. The van der Waals surface area contributed by atoms with E-state index in [4.69, 9.17) is 4.74 Å². The fourth-order valence-corrected chi connectivity index (χ4v) is 4.11. The molecule has 0 aromatic rings. The van der Waals surface area contributed by atoms with Crippen LogP contribution in [0.1, 0.15) is 66.2 Å². The van der Waals surface area contributed by atoms with Crippen LogP contribution in [-0.2, 0) is 9.53 Å². The van der Waals surface area contributed by atoms with Crippen LogP contribution < -0.4 is 0 Å². The van der Waals surface area contributed by atoms with Crippen LogP contribution in [0.4, 0.5) is 4.79 Å². The summed E-state index contributed by atoms with van der Waals surface area (Å²) in [5.41, 5.74) is -0.447. The highest BCUT2D eigenvalue weighted by atomic mass is 16.6. The first kappa shape index (κ1) is 20.1. The fourth-order valence-electron chi connectivity index (χ4n) is 4.11. The molecule has 0 radical (unpaired) electrons. The van der Waals surface area contributed by atoms with Crippen molar-refractivity contribution in [3.8, 4) is 0 Å². The van der Waals surface area contributed by atoms with Gasteiger partial charge in [-0.15, -0.1) is 0 Å². The zero-order valence-electron chi connectivity index (χ0n) is 16.7. The summed E-state index contributed by atoms with van der Waals surface area (Å²) in [6, 6.07) is 0. The molecule has 1 aliphatic heterocycles. The summed E-state index contributed by atoms with van der Waals surface area (Å²) in [5.74, 6) is 1.49. The summed E-state index contributed by atoms with van der Waals surface area (Å²) in [4.78, 5) is 28.5. The monoisotopic (exact) mass is 352 g/mol. The molecule has 0 aromatic carbocycles. The average Bonchev–Trinajstić information content (AvgIpc) is 3.06. The highest BCUT2D eigenvalue weighted by Crippen LogP contribution is 2.32. The summed E-state index contributed by atoms with van der Waals surface area (Å²) in [7, 11) is 1.94. The Bertz CT molecular complexity index is 458. The van der Waals surface area contributed by atoms with Crippen LogP contribution in [0, 0.1) is 17.8 Å². The minimum absolute atomic E-state index is 0.148. The number of amides is 2. The Morgan fingerprint density at radius 1 is 1.12 bits per heavy atom. The van der Waals surface area contributed by atoms with Gasteiger partial charge in [-0.2, -0.15) is 0 Å². The molecule has 0 aromatic heterocycles. The van der Waals surface area contributed by atoms with E-state index in [0.717, 1.165) is 32.5 Å². The van der Waals surface area contributed by atoms with Gasteiger partial charge in [0.2, 0.25) is 5.91 Å². The molecule has 1 atom stereocenters. The van der Waals surface area contributed by atoms with Crippen LogP contribution in [0.5, 0.6) is 0 Å². The van der Waals surface area contributed by atoms with Crippen molar-refractivity contribution in [1.82, 2.24) is 9.80 Å². The van der Waals surface area contributed by atoms with Gasteiger partial charge in [0.15, 0.2) is 0 Å². The molecule has 1 saturated carbocycles. The number of carbonyl (C=O) groups is 2. The van der Waals surface area contributed by atoms with E-state index in [1.807, 2.05) is 32.7 Å². The maximum atomic E-state index is 12.7. The predicted molar refractivity (Wildman–Crippen MR) is 99.3 cm³/mol. The Morgan fingerprint density at radius 3 is 2.20 bits per heavy atom. The molecule has 1 heterocycles. The normalized spacial score (nSPS) is 21.2. The second kappa shape index (κ2) is 8.41. The maximum Gasteiger partial charge on any atom is 0.410 e. The zero-order chi connectivity index (χ0) is 18.6. The van der Waals surface area contributed by atoms with Crippen molar-refractivity contribution < 1.29 is 14.3 Å². The lowest BCUT2D eigenvalue weighted by molar-refractivity contribution is -0.136. The molecule has 0 N–H and O–H groups in total. The zero-order valence-corrected chi connectivity index (χ0v) is 16.7. The summed E-state index contributed by atoms with van der Waals surface area (Å²) in [5, 5.41) is 0. The molecule has 2 rings (SSSR count). The third-order valence-corrected chi connectivity index (χ3v) is 5.67. The summed E-state index contributed by atoms with van der Waals surface area (Å²) in [6.07, 6.45) is 6.61. The van der Waals surface area contributed by atoms with E-state index in [-0.39, 0.29) is 12.0 Å². The van der Waals surface area contributed by atoms with Crippen LogP contribution in [0.2, 0.25) is 0 Å². The molecule has 0 spiro atoms. The highest BCUT2D eigenvalue weighted by Gasteiger charge is 2.31. The summed E-state index contributed by atoms with van der Waals surface area (Å²) in [6.45, 7) is 10.0. The summed E-state index contributed by atoms with van der Waals surface area (Å²) >= 11 is 0. The number of hydrogen-bond donors (Lipinski definition) is 0. The Morgan fingerprint density at radius 2 is 1.68 bits per heavy atom. The van der Waals surface area contributed by atoms with Crippen LogP contribution in [0.3, 0.4) is 0 Å². The van der Waals surface area contributed by atoms with E-state index < -0.39 is 5.60 Å². The molecule has 1 unspecified atom stereocenters. The van der Waals surface area contributed by atoms with Gasteiger partial charge in [-0.25, -0.2) is 4.79 Å². The van der Waals surface area contributed by atoms with Crippen LogP contribution in [-0.4, -0.2) is 54.1 Å². The van der Waals surface area contributed by atoms with Crippen molar-refractivity contribution in [2.45, 2.75) is 71.8 Å². The lowest BCUT2D eigenvalue weighted by atomic mass is 9.90. The number of hydrogen-bond acceptors (Lipinski definition) is 3. The lowest BCUT2D eigenvalue weighted by Gasteiger charge is -2.35. The van der Waals surface area contributed by atoms with Crippen LogP contribution in [0.15, 0.2) is 0 Å². The van der Waals surface area contributed by atoms with Gasteiger partial charge in [0.25, 0.3) is 0 Å². The second-order valence-corrected chi connectivity index (χ2v) is 8.96. The lowest BCUT2D eigenvalue weighted by Crippen LogP contribution is -2.44. The van der Waals surface area contributed by atoms with Crippen molar-refractivity contribution in [2.75, 3.05) is 26.7 Å². The number of likely N-dealkylation sites (tertiary alicyclic amines) is 1. The minimum atomic E-state index is -0.447. The molecule has 2 fully saturated rings. The van der Waals surface area contributed by atoms with Gasteiger partial charge in [0.05, 0.1) is 0 Å². The van der Waals surface area contributed by atoms with Gasteiger partial charge >= 0.3 is 6.09 Å². The molecular formula is C20H36N2O3. The molecular weight excluding hydrogens is 316 g/mol. The van der Waals surface area contributed by atoms with Gasteiger partial charge in [0, 0.05) is 32.6 Å². The first-order chi connectivity index (χ1) is 11.7. The van der Waals surface area contributed by atoms with Crippen molar-refractivity contribution >= 4 is 12.0 Å². The quantitative estimate of drug-likeness (QED) is 0.770. The first-order valence-corrected chi connectivity index (χ1v) is 9.90. The Labute approximate surface area is 153 Å². The smallest absolute Gasteiger partial charge is 0.410 e. The number of carbonyl (C=O) groups excluding carboxylic acids is 2. The molecule has 1 aliphatic carbocycles. The molecule has 5 nitrogen and oxygen atoms in total. The van der Waals surface area contributed by atoms with E-state index in [9.17, 15) is 9.59 Å². The molecule has 1 saturated heterocycles. The third kappa shape index (κ3) is 5.89. The largest absolute Gasteiger partial charge is 0.444 e. The van der Waals surface area contributed by atoms with Crippen LogP contribution in [0.25, 0.3) is 0 Å².